The smallest absolute Gasteiger partial charge is 0.311 e. The molecule has 0 spiro atoms. The number of nitrogens with zero attached hydrogens (tertiary/aromatic N) is 1. The molecule has 1 fully saturated rings. The summed E-state index contributed by atoms with van der Waals surface area (Å²) in [5.41, 5.74) is 1.15. The summed E-state index contributed by atoms with van der Waals surface area (Å²) in [6.45, 7) is 2.78. The summed E-state index contributed by atoms with van der Waals surface area (Å²) in [5.74, 6) is -0.652. The van der Waals surface area contributed by atoms with Crippen LogP contribution < -0.4 is 10.1 Å². The van der Waals surface area contributed by atoms with E-state index in [9.17, 15) is 14.4 Å². The molecule has 1 aliphatic heterocycles. The summed E-state index contributed by atoms with van der Waals surface area (Å²) >= 11 is 0. The molecule has 31 heavy (non-hydrogen) atoms. The van der Waals surface area contributed by atoms with Gasteiger partial charge in [0.15, 0.2) is 0 Å². The number of carbonyl (C=O) groups excluding carboxylic acids is 3. The number of rotatable bonds is 7. The molecule has 7 nitrogen and oxygen atoms in total. The molecule has 1 N–H and O–H groups in total. The van der Waals surface area contributed by atoms with Crippen molar-refractivity contribution in [2.45, 2.75) is 32.3 Å². The fourth-order valence-electron chi connectivity index (χ4n) is 3.61. The normalized spacial score (nSPS) is 16.8. The maximum absolute atomic E-state index is 13.0. The van der Waals surface area contributed by atoms with Crippen molar-refractivity contribution >= 4 is 23.5 Å². The van der Waals surface area contributed by atoms with Gasteiger partial charge in [-0.2, -0.15) is 0 Å². The van der Waals surface area contributed by atoms with Crippen LogP contribution >= 0.6 is 0 Å². The van der Waals surface area contributed by atoms with E-state index in [0.717, 1.165) is 6.42 Å². The molecule has 3 rings (SSSR count). The maximum atomic E-state index is 13.0. The van der Waals surface area contributed by atoms with Crippen molar-refractivity contribution < 1.29 is 23.9 Å². The number of hydrogen-bond donors (Lipinski definition) is 1. The van der Waals surface area contributed by atoms with Crippen molar-refractivity contribution in [2.75, 3.05) is 25.5 Å². The number of likely N-dealkylation sites (tertiary alicyclic amines) is 1. The van der Waals surface area contributed by atoms with Gasteiger partial charge in [-0.05, 0) is 37.1 Å². The molecule has 1 aliphatic rings. The van der Waals surface area contributed by atoms with Crippen LogP contribution in [0.2, 0.25) is 0 Å². The van der Waals surface area contributed by atoms with E-state index in [0.29, 0.717) is 42.9 Å². The lowest BCUT2D eigenvalue weighted by Gasteiger charge is -2.32. The number of esters is 1. The SMILES string of the molecule is CCC(=O)N1CCCC(C(=O)OC(C(=O)Nc2ccc(OC)cc2)c2ccccc2)C1. The van der Waals surface area contributed by atoms with Crippen LogP contribution in [0, 0.1) is 5.92 Å². The van der Waals surface area contributed by atoms with Gasteiger partial charge in [-0.3, -0.25) is 14.4 Å². The Bertz CT molecular complexity index is 898. The van der Waals surface area contributed by atoms with Crippen LogP contribution in [0.25, 0.3) is 0 Å². The molecule has 1 heterocycles. The Labute approximate surface area is 182 Å². The van der Waals surface area contributed by atoms with Crippen LogP contribution in [0.3, 0.4) is 0 Å². The molecule has 2 atom stereocenters. The Morgan fingerprint density at radius 3 is 2.45 bits per heavy atom. The van der Waals surface area contributed by atoms with Gasteiger partial charge in [0.05, 0.1) is 13.0 Å². The second-order valence-electron chi connectivity index (χ2n) is 7.48. The number of benzene rings is 2. The van der Waals surface area contributed by atoms with E-state index in [1.165, 1.54) is 0 Å². The molecule has 0 saturated carbocycles. The van der Waals surface area contributed by atoms with E-state index in [4.69, 9.17) is 9.47 Å². The van der Waals surface area contributed by atoms with Gasteiger partial charge in [-0.1, -0.05) is 37.3 Å². The molecule has 164 valence electrons. The van der Waals surface area contributed by atoms with Gasteiger partial charge in [0.25, 0.3) is 5.91 Å². The monoisotopic (exact) mass is 424 g/mol. The van der Waals surface area contributed by atoms with Crippen LogP contribution in [0.15, 0.2) is 54.6 Å². The average molecular weight is 424 g/mol. The number of piperidine rings is 1. The minimum absolute atomic E-state index is 0.0226. The van der Waals surface area contributed by atoms with Gasteiger partial charge in [0.1, 0.15) is 5.75 Å². The second kappa shape index (κ2) is 10.6. The first-order chi connectivity index (χ1) is 15.0. The number of carbonyl (C=O) groups is 3. The van der Waals surface area contributed by atoms with Crippen LogP contribution in [-0.4, -0.2) is 42.9 Å². The highest BCUT2D eigenvalue weighted by atomic mass is 16.5. The van der Waals surface area contributed by atoms with Crippen molar-refractivity contribution in [3.63, 3.8) is 0 Å². The summed E-state index contributed by atoms with van der Waals surface area (Å²) < 4.78 is 10.8. The van der Waals surface area contributed by atoms with Gasteiger partial charge in [0, 0.05) is 30.8 Å². The zero-order valence-corrected chi connectivity index (χ0v) is 17.9. The van der Waals surface area contributed by atoms with Crippen LogP contribution in [-0.2, 0) is 19.1 Å². The molecule has 0 aromatic heterocycles. The lowest BCUT2D eigenvalue weighted by molar-refractivity contribution is -0.161. The number of nitrogens with one attached hydrogen (secondary N) is 1. The Kier molecular flexibility index (Phi) is 7.65. The number of hydrogen-bond acceptors (Lipinski definition) is 5. The van der Waals surface area contributed by atoms with E-state index in [1.807, 2.05) is 6.07 Å². The Hall–Kier alpha value is -3.35. The van der Waals surface area contributed by atoms with Crippen molar-refractivity contribution in [2.24, 2.45) is 5.92 Å². The van der Waals surface area contributed by atoms with Gasteiger partial charge in [0.2, 0.25) is 12.0 Å². The minimum atomic E-state index is -1.09. The molecule has 0 bridgehead atoms. The summed E-state index contributed by atoms with van der Waals surface area (Å²) in [5, 5.41) is 2.80. The van der Waals surface area contributed by atoms with Gasteiger partial charge in [-0.15, -0.1) is 0 Å². The Balaban J connectivity index is 1.73. The summed E-state index contributed by atoms with van der Waals surface area (Å²) in [4.78, 5) is 39.7. The van der Waals surface area contributed by atoms with Crippen LogP contribution in [0.4, 0.5) is 5.69 Å². The van der Waals surface area contributed by atoms with Crippen LogP contribution in [0.1, 0.15) is 37.9 Å². The van der Waals surface area contributed by atoms with Gasteiger partial charge in [-0.25, -0.2) is 0 Å². The van der Waals surface area contributed by atoms with E-state index in [2.05, 4.69) is 5.32 Å². The zero-order chi connectivity index (χ0) is 22.2. The molecule has 0 aliphatic carbocycles. The highest BCUT2D eigenvalue weighted by Crippen LogP contribution is 2.25. The quantitative estimate of drug-likeness (QED) is 0.687. The Morgan fingerprint density at radius 1 is 1.10 bits per heavy atom. The van der Waals surface area contributed by atoms with Crippen molar-refractivity contribution in [1.82, 2.24) is 4.90 Å². The first kappa shape index (κ1) is 22.3. The van der Waals surface area contributed by atoms with Gasteiger partial charge < -0.3 is 19.7 Å². The maximum Gasteiger partial charge on any atom is 0.311 e. The van der Waals surface area contributed by atoms with E-state index < -0.39 is 23.9 Å². The molecule has 2 unspecified atom stereocenters. The third-order valence-electron chi connectivity index (χ3n) is 5.34. The molecule has 0 radical (unpaired) electrons. The van der Waals surface area contributed by atoms with Crippen molar-refractivity contribution in [1.29, 1.82) is 0 Å². The van der Waals surface area contributed by atoms with Crippen molar-refractivity contribution in [3.05, 3.63) is 60.2 Å². The number of amides is 2. The minimum Gasteiger partial charge on any atom is -0.497 e. The fourth-order valence-corrected chi connectivity index (χ4v) is 3.61. The third-order valence-corrected chi connectivity index (χ3v) is 5.34. The number of methoxy groups -OCH3 is 1. The van der Waals surface area contributed by atoms with E-state index in [-0.39, 0.29) is 5.91 Å². The number of anilines is 1. The zero-order valence-electron chi connectivity index (χ0n) is 17.9. The highest BCUT2D eigenvalue weighted by molar-refractivity contribution is 5.96. The topological polar surface area (TPSA) is 84.9 Å². The second-order valence-corrected chi connectivity index (χ2v) is 7.48. The molecule has 2 aromatic carbocycles. The molecule has 2 amide bonds. The summed E-state index contributed by atoms with van der Waals surface area (Å²) in [6.07, 6.45) is 0.680. The predicted octanol–water partition coefficient (Wildman–Crippen LogP) is 3.57. The average Bonchev–Trinajstić information content (AvgIpc) is 2.82. The van der Waals surface area contributed by atoms with E-state index in [1.54, 1.807) is 67.5 Å². The van der Waals surface area contributed by atoms with E-state index >= 15 is 0 Å². The lowest BCUT2D eigenvalue weighted by atomic mass is 9.97. The molecular formula is C24H28N2O5. The van der Waals surface area contributed by atoms with Gasteiger partial charge >= 0.3 is 5.97 Å². The lowest BCUT2D eigenvalue weighted by Crippen LogP contribution is -2.43. The third kappa shape index (κ3) is 5.84. The first-order valence-corrected chi connectivity index (χ1v) is 10.5. The molecule has 1 saturated heterocycles. The highest BCUT2D eigenvalue weighted by Gasteiger charge is 2.33. The molecule has 7 heteroatoms. The number of ether oxygens (including phenoxy) is 2. The summed E-state index contributed by atoms with van der Waals surface area (Å²) in [7, 11) is 1.57. The molecular weight excluding hydrogens is 396 g/mol. The van der Waals surface area contributed by atoms with Crippen LogP contribution in [0.5, 0.6) is 5.75 Å². The standard InChI is InChI=1S/C24H28N2O5/c1-3-21(27)26-15-7-10-18(16-26)24(29)31-22(17-8-5-4-6-9-17)23(28)25-19-11-13-20(30-2)14-12-19/h4-6,8-9,11-14,18,22H,3,7,10,15-16H2,1-2H3,(H,25,28). The molecule has 2 aromatic rings. The first-order valence-electron chi connectivity index (χ1n) is 10.5. The van der Waals surface area contributed by atoms with Crippen molar-refractivity contribution in [3.8, 4) is 5.75 Å². The summed E-state index contributed by atoms with van der Waals surface area (Å²) in [6, 6.07) is 15.8. The Morgan fingerprint density at radius 2 is 1.81 bits per heavy atom. The largest absolute Gasteiger partial charge is 0.497 e. The predicted molar refractivity (Wildman–Crippen MR) is 116 cm³/mol. The fraction of sp³-hybridized carbons (Fsp3) is 0.375.